The first-order valence-electron chi connectivity index (χ1n) is 6.35. The molecule has 0 bridgehead atoms. The maximum atomic E-state index is 13.0. The van der Waals surface area contributed by atoms with Crippen LogP contribution < -0.4 is 0 Å². The SMILES string of the molecule is CC1(C(=O)O)CCCN(S(=O)(=O)c2ccc(F)cc2Cl)C1. The Morgan fingerprint density at radius 1 is 1.48 bits per heavy atom. The summed E-state index contributed by atoms with van der Waals surface area (Å²) in [7, 11) is -3.94. The highest BCUT2D eigenvalue weighted by atomic mass is 35.5. The van der Waals surface area contributed by atoms with Gasteiger partial charge in [0.25, 0.3) is 0 Å². The third-order valence-electron chi connectivity index (χ3n) is 3.69. The Balaban J connectivity index is 2.37. The smallest absolute Gasteiger partial charge is 0.310 e. The van der Waals surface area contributed by atoms with Crippen molar-refractivity contribution in [1.82, 2.24) is 4.31 Å². The van der Waals surface area contributed by atoms with Gasteiger partial charge in [0.2, 0.25) is 10.0 Å². The molecule has 0 aromatic heterocycles. The first kappa shape index (κ1) is 16.2. The van der Waals surface area contributed by atoms with Gasteiger partial charge in [0.15, 0.2) is 0 Å². The summed E-state index contributed by atoms with van der Waals surface area (Å²) in [6.07, 6.45) is 0.854. The van der Waals surface area contributed by atoms with Crippen LogP contribution in [0.1, 0.15) is 19.8 Å². The van der Waals surface area contributed by atoms with Gasteiger partial charge < -0.3 is 5.11 Å². The minimum absolute atomic E-state index is 0.127. The van der Waals surface area contributed by atoms with E-state index in [2.05, 4.69) is 0 Å². The number of piperidine rings is 1. The number of benzene rings is 1. The number of rotatable bonds is 3. The van der Waals surface area contributed by atoms with Crippen LogP contribution in [0.4, 0.5) is 4.39 Å². The molecule has 5 nitrogen and oxygen atoms in total. The van der Waals surface area contributed by atoms with E-state index < -0.39 is 27.2 Å². The molecule has 1 atom stereocenters. The van der Waals surface area contributed by atoms with Crippen LogP contribution in [0.25, 0.3) is 0 Å². The van der Waals surface area contributed by atoms with Crippen LogP contribution in [0, 0.1) is 11.2 Å². The van der Waals surface area contributed by atoms with E-state index in [4.69, 9.17) is 11.6 Å². The highest BCUT2D eigenvalue weighted by Crippen LogP contribution is 2.34. The molecular weight excluding hydrogens is 321 g/mol. The fourth-order valence-electron chi connectivity index (χ4n) is 2.40. The van der Waals surface area contributed by atoms with Crippen molar-refractivity contribution in [1.29, 1.82) is 0 Å². The summed E-state index contributed by atoms with van der Waals surface area (Å²) in [5.74, 6) is -1.67. The van der Waals surface area contributed by atoms with Crippen molar-refractivity contribution in [3.05, 3.63) is 29.0 Å². The summed E-state index contributed by atoms with van der Waals surface area (Å²) in [6.45, 7) is 1.61. The number of hydrogen-bond donors (Lipinski definition) is 1. The minimum atomic E-state index is -3.94. The van der Waals surface area contributed by atoms with Crippen molar-refractivity contribution in [2.45, 2.75) is 24.7 Å². The maximum Gasteiger partial charge on any atom is 0.310 e. The summed E-state index contributed by atoms with van der Waals surface area (Å²) < 4.78 is 39.2. The van der Waals surface area contributed by atoms with Gasteiger partial charge in [-0.05, 0) is 38.0 Å². The molecule has 1 aliphatic rings. The molecule has 0 saturated carbocycles. The molecule has 0 amide bonds. The molecule has 1 N–H and O–H groups in total. The fourth-order valence-corrected chi connectivity index (χ4v) is 4.50. The van der Waals surface area contributed by atoms with Crippen LogP contribution in [0.2, 0.25) is 5.02 Å². The number of sulfonamides is 1. The predicted molar refractivity (Wildman–Crippen MR) is 75.1 cm³/mol. The molecule has 116 valence electrons. The molecule has 1 heterocycles. The van der Waals surface area contributed by atoms with Crippen molar-refractivity contribution in [2.24, 2.45) is 5.41 Å². The Labute approximate surface area is 127 Å². The van der Waals surface area contributed by atoms with Crippen molar-refractivity contribution in [2.75, 3.05) is 13.1 Å². The minimum Gasteiger partial charge on any atom is -0.481 e. The predicted octanol–water partition coefficient (Wildman–Crippen LogP) is 2.35. The molecule has 1 fully saturated rings. The van der Waals surface area contributed by atoms with E-state index in [0.717, 1.165) is 22.5 Å². The lowest BCUT2D eigenvalue weighted by molar-refractivity contribution is -0.150. The highest BCUT2D eigenvalue weighted by Gasteiger charge is 2.42. The van der Waals surface area contributed by atoms with Gasteiger partial charge in [0, 0.05) is 13.1 Å². The number of hydrogen-bond acceptors (Lipinski definition) is 3. The Hall–Kier alpha value is -1.18. The van der Waals surface area contributed by atoms with Gasteiger partial charge >= 0.3 is 5.97 Å². The Kier molecular flexibility index (Phi) is 4.28. The van der Waals surface area contributed by atoms with E-state index in [-0.39, 0.29) is 23.0 Å². The van der Waals surface area contributed by atoms with Crippen molar-refractivity contribution in [3.63, 3.8) is 0 Å². The van der Waals surface area contributed by atoms with Crippen molar-refractivity contribution >= 4 is 27.6 Å². The molecule has 1 unspecified atom stereocenters. The number of halogens is 2. The van der Waals surface area contributed by atoms with Crippen LogP contribution in [-0.2, 0) is 14.8 Å². The normalized spacial score (nSPS) is 24.0. The quantitative estimate of drug-likeness (QED) is 0.920. The molecule has 0 spiro atoms. The third kappa shape index (κ3) is 3.04. The third-order valence-corrected chi connectivity index (χ3v) is 6.02. The molecule has 21 heavy (non-hydrogen) atoms. The molecular formula is C13H15ClFNO4S. The van der Waals surface area contributed by atoms with Gasteiger partial charge in [-0.1, -0.05) is 11.6 Å². The molecule has 1 aliphatic heterocycles. The van der Waals surface area contributed by atoms with E-state index in [0.29, 0.717) is 12.8 Å². The number of nitrogens with zero attached hydrogens (tertiary/aromatic N) is 1. The average Bonchev–Trinajstić information content (AvgIpc) is 2.38. The molecule has 1 aromatic rings. The number of carbonyl (C=O) groups is 1. The van der Waals surface area contributed by atoms with E-state index >= 15 is 0 Å². The van der Waals surface area contributed by atoms with Crippen LogP contribution in [0.3, 0.4) is 0 Å². The first-order chi connectivity index (χ1) is 9.67. The summed E-state index contributed by atoms with van der Waals surface area (Å²) >= 11 is 5.80. The first-order valence-corrected chi connectivity index (χ1v) is 8.17. The van der Waals surface area contributed by atoms with E-state index in [1.54, 1.807) is 0 Å². The Morgan fingerprint density at radius 3 is 2.71 bits per heavy atom. The van der Waals surface area contributed by atoms with Crippen molar-refractivity contribution < 1.29 is 22.7 Å². The second-order valence-electron chi connectivity index (χ2n) is 5.38. The van der Waals surface area contributed by atoms with Crippen molar-refractivity contribution in [3.8, 4) is 0 Å². The van der Waals surface area contributed by atoms with Gasteiger partial charge in [-0.3, -0.25) is 4.79 Å². The van der Waals surface area contributed by atoms with E-state index in [1.807, 2.05) is 0 Å². The largest absolute Gasteiger partial charge is 0.481 e. The standard InChI is InChI=1S/C13H15ClFNO4S/c1-13(12(17)18)5-2-6-16(8-13)21(19,20)11-4-3-9(15)7-10(11)14/h3-4,7H,2,5-6,8H2,1H3,(H,17,18). The summed E-state index contributed by atoms with van der Waals surface area (Å²) in [4.78, 5) is 11.1. The lowest BCUT2D eigenvalue weighted by atomic mass is 9.83. The van der Waals surface area contributed by atoms with Gasteiger partial charge in [-0.25, -0.2) is 12.8 Å². The topological polar surface area (TPSA) is 74.7 Å². The van der Waals surface area contributed by atoms with Gasteiger partial charge in [0.05, 0.1) is 10.4 Å². The monoisotopic (exact) mass is 335 g/mol. The average molecular weight is 336 g/mol. The van der Waals surface area contributed by atoms with E-state index in [9.17, 15) is 22.7 Å². The molecule has 0 radical (unpaired) electrons. The zero-order valence-corrected chi connectivity index (χ0v) is 12.9. The lowest BCUT2D eigenvalue weighted by Crippen LogP contribution is -2.48. The molecule has 0 aliphatic carbocycles. The molecule has 2 rings (SSSR count). The van der Waals surface area contributed by atoms with Crippen LogP contribution >= 0.6 is 11.6 Å². The molecule has 1 aromatic carbocycles. The van der Waals surface area contributed by atoms with Crippen LogP contribution in [0.5, 0.6) is 0 Å². The maximum absolute atomic E-state index is 13.0. The zero-order chi connectivity index (χ0) is 15.8. The highest BCUT2D eigenvalue weighted by molar-refractivity contribution is 7.89. The Bertz CT molecular complexity index is 679. The number of carboxylic acids is 1. The Morgan fingerprint density at radius 2 is 2.14 bits per heavy atom. The second kappa shape index (κ2) is 5.55. The lowest BCUT2D eigenvalue weighted by Gasteiger charge is -2.36. The number of carboxylic acid groups (broad SMARTS) is 1. The van der Waals surface area contributed by atoms with Crippen LogP contribution in [-0.4, -0.2) is 36.9 Å². The van der Waals surface area contributed by atoms with Gasteiger partial charge in [-0.15, -0.1) is 0 Å². The number of aliphatic carboxylic acids is 1. The molecule has 8 heteroatoms. The second-order valence-corrected chi connectivity index (χ2v) is 7.70. The summed E-state index contributed by atoms with van der Waals surface area (Å²) in [6, 6.07) is 3.04. The summed E-state index contributed by atoms with van der Waals surface area (Å²) in [5, 5.41) is 9.03. The fraction of sp³-hybridized carbons (Fsp3) is 0.462. The van der Waals surface area contributed by atoms with Gasteiger partial charge in [-0.2, -0.15) is 4.31 Å². The molecule has 1 saturated heterocycles. The van der Waals surface area contributed by atoms with Gasteiger partial charge in [0.1, 0.15) is 10.7 Å². The van der Waals surface area contributed by atoms with E-state index in [1.165, 1.54) is 6.92 Å². The van der Waals surface area contributed by atoms with Crippen LogP contribution in [0.15, 0.2) is 23.1 Å². The zero-order valence-electron chi connectivity index (χ0n) is 11.3. The summed E-state index contributed by atoms with van der Waals surface area (Å²) in [5.41, 5.74) is -1.13.